The zero-order chi connectivity index (χ0) is 23.9. The Morgan fingerprint density at radius 3 is 2.44 bits per heavy atom. The van der Waals surface area contributed by atoms with Crippen molar-refractivity contribution in [2.75, 3.05) is 21.6 Å². The Morgan fingerprint density at radius 1 is 0.971 bits per heavy atom. The number of rotatable bonds is 6. The maximum Gasteiger partial charge on any atom is 0.271 e. The smallest absolute Gasteiger partial charge is 0.271 e. The van der Waals surface area contributed by atoms with Crippen molar-refractivity contribution in [2.24, 2.45) is 0 Å². The fraction of sp³-hybridized carbons (Fsp3) is 0.0455. The Morgan fingerprint density at radius 2 is 1.71 bits per heavy atom. The van der Waals surface area contributed by atoms with Crippen LogP contribution in [0.3, 0.4) is 0 Å². The third kappa shape index (κ3) is 3.95. The molecule has 0 atom stereocenters. The average Bonchev–Trinajstić information content (AvgIpc) is 3.52. The van der Waals surface area contributed by atoms with Crippen LogP contribution in [0.1, 0.15) is 5.56 Å². The lowest BCUT2D eigenvalue weighted by Gasteiger charge is -2.29. The Balaban J connectivity index is 1.34. The average molecular weight is 515 g/mol. The molecule has 0 spiro atoms. The number of benzene rings is 2. The van der Waals surface area contributed by atoms with Gasteiger partial charge in [-0.1, -0.05) is 18.2 Å². The van der Waals surface area contributed by atoms with Crippen molar-refractivity contribution in [3.63, 3.8) is 0 Å². The molecule has 1 aliphatic rings. The Kier molecular flexibility index (Phi) is 5.42. The van der Waals surface area contributed by atoms with Crippen LogP contribution in [0.4, 0.5) is 17.3 Å². The van der Waals surface area contributed by atoms with Crippen LogP contribution in [0, 0.1) is 5.41 Å². The highest BCUT2D eigenvalue weighted by atomic mass is 32.2. The molecule has 34 heavy (non-hydrogen) atoms. The minimum atomic E-state index is -3.99. The zero-order valence-corrected chi connectivity index (χ0v) is 19.9. The van der Waals surface area contributed by atoms with Crippen molar-refractivity contribution in [3.8, 4) is 0 Å². The number of anilines is 3. The molecule has 1 aliphatic heterocycles. The summed E-state index contributed by atoms with van der Waals surface area (Å²) in [5.74, 6) is 0.803. The molecule has 5 rings (SSSR count). The van der Waals surface area contributed by atoms with Crippen LogP contribution in [-0.4, -0.2) is 29.3 Å². The van der Waals surface area contributed by atoms with Gasteiger partial charge in [0.05, 0.1) is 28.3 Å². The van der Waals surface area contributed by atoms with E-state index in [2.05, 4.69) is 10.0 Å². The van der Waals surface area contributed by atoms with E-state index < -0.39 is 19.9 Å². The molecule has 0 saturated carbocycles. The fourth-order valence-corrected chi connectivity index (χ4v) is 7.42. The van der Waals surface area contributed by atoms with Crippen molar-refractivity contribution in [1.82, 2.24) is 0 Å². The molecule has 4 aromatic rings. The quantitative estimate of drug-likeness (QED) is 0.351. The summed E-state index contributed by atoms with van der Waals surface area (Å²) in [6.07, 6.45) is 1.51. The maximum atomic E-state index is 12.9. The van der Waals surface area contributed by atoms with Crippen LogP contribution in [0.15, 0.2) is 96.8 Å². The van der Waals surface area contributed by atoms with Gasteiger partial charge >= 0.3 is 0 Å². The van der Waals surface area contributed by atoms with Gasteiger partial charge in [-0.25, -0.2) is 16.8 Å². The van der Waals surface area contributed by atoms with E-state index in [4.69, 9.17) is 9.83 Å². The van der Waals surface area contributed by atoms with Gasteiger partial charge in [0.1, 0.15) is 10.0 Å². The van der Waals surface area contributed by atoms with Gasteiger partial charge in [0.15, 0.2) is 0 Å². The van der Waals surface area contributed by atoms with Crippen molar-refractivity contribution in [1.29, 1.82) is 5.41 Å². The molecule has 0 unspecified atom stereocenters. The van der Waals surface area contributed by atoms with Gasteiger partial charge < -0.3 is 14.6 Å². The van der Waals surface area contributed by atoms with Gasteiger partial charge in [0.2, 0.25) is 15.7 Å². The largest absolute Gasteiger partial charge is 0.448 e. The van der Waals surface area contributed by atoms with Crippen molar-refractivity contribution < 1.29 is 21.3 Å². The number of furan rings is 1. The van der Waals surface area contributed by atoms with Gasteiger partial charge in [0.25, 0.3) is 10.0 Å². The second-order valence-corrected chi connectivity index (χ2v) is 12.1. The highest BCUT2D eigenvalue weighted by molar-refractivity contribution is 7.95. The second-order valence-electron chi connectivity index (χ2n) is 7.35. The predicted molar refractivity (Wildman–Crippen MR) is 130 cm³/mol. The van der Waals surface area contributed by atoms with Crippen molar-refractivity contribution in [3.05, 3.63) is 83.9 Å². The number of sulfone groups is 1. The minimum Gasteiger partial charge on any atom is -0.448 e. The number of fused-ring (bicyclic) bond motifs is 1. The topological polar surface area (TPSA) is 133 Å². The molecule has 0 bridgehead atoms. The van der Waals surface area contributed by atoms with Crippen LogP contribution in [0.25, 0.3) is 0 Å². The molecule has 3 heterocycles. The number of nitrogens with zero attached hydrogens (tertiary/aromatic N) is 1. The molecule has 0 aliphatic carbocycles. The molecule has 0 amide bonds. The summed E-state index contributed by atoms with van der Waals surface area (Å²) in [5.41, 5.74) is 1.64. The highest BCUT2D eigenvalue weighted by Gasteiger charge is 2.26. The van der Waals surface area contributed by atoms with Gasteiger partial charge in [-0.05, 0) is 48.5 Å². The van der Waals surface area contributed by atoms with Gasteiger partial charge in [0, 0.05) is 16.8 Å². The molecule has 0 saturated heterocycles. The normalized spacial score (nSPS) is 13.9. The lowest BCUT2D eigenvalue weighted by atomic mass is 10.2. The summed E-state index contributed by atoms with van der Waals surface area (Å²) >= 11 is 0.835. The number of sulfonamides is 1. The Bertz CT molecular complexity index is 1570. The first-order valence-corrected chi connectivity index (χ1v) is 13.8. The summed E-state index contributed by atoms with van der Waals surface area (Å²) in [6.45, 7) is 0.332. The molecular formula is C22H18N4O5S3. The molecule has 174 valence electrons. The summed E-state index contributed by atoms with van der Waals surface area (Å²) < 4.78 is 58.9. The summed E-state index contributed by atoms with van der Waals surface area (Å²) in [5, 5.41) is 12.8. The van der Waals surface area contributed by atoms with Crippen molar-refractivity contribution in [2.45, 2.75) is 14.0 Å². The predicted octanol–water partition coefficient (Wildman–Crippen LogP) is 4.19. The summed E-state index contributed by atoms with van der Waals surface area (Å²) in [6, 6.07) is 17.3. The lowest BCUT2D eigenvalue weighted by Crippen LogP contribution is -2.39. The Hall–Kier alpha value is -3.61. The van der Waals surface area contributed by atoms with E-state index in [1.165, 1.54) is 23.8 Å². The Labute approximate surface area is 200 Å². The number of nitrogens with one attached hydrogen (secondary N) is 3. The van der Waals surface area contributed by atoms with Crippen LogP contribution in [-0.2, 0) is 19.9 Å². The molecule has 2 aromatic heterocycles. The number of thiophene rings is 1. The third-order valence-corrected chi connectivity index (χ3v) is 9.92. The first-order valence-electron chi connectivity index (χ1n) is 9.95. The number of hydrogen-bond acceptors (Lipinski definition) is 8. The van der Waals surface area contributed by atoms with Gasteiger partial charge in [-0.15, -0.1) is 11.3 Å². The van der Waals surface area contributed by atoms with Crippen LogP contribution in [0.2, 0.25) is 0 Å². The number of amidine groups is 1. The number of hydrogen-bond donors (Lipinski definition) is 3. The van der Waals surface area contributed by atoms with E-state index in [0.717, 1.165) is 17.4 Å². The molecule has 2 aromatic carbocycles. The molecule has 0 radical (unpaired) electrons. The minimum absolute atomic E-state index is 0.0749. The van der Waals surface area contributed by atoms with E-state index in [0.29, 0.717) is 29.5 Å². The van der Waals surface area contributed by atoms with E-state index in [1.54, 1.807) is 53.4 Å². The monoisotopic (exact) mass is 514 g/mol. The zero-order valence-electron chi connectivity index (χ0n) is 17.4. The van der Waals surface area contributed by atoms with E-state index in [9.17, 15) is 16.8 Å². The van der Waals surface area contributed by atoms with E-state index >= 15 is 0 Å². The van der Waals surface area contributed by atoms with E-state index in [1.807, 2.05) is 0 Å². The molecule has 12 heteroatoms. The second kappa shape index (κ2) is 8.31. The van der Waals surface area contributed by atoms with E-state index in [-0.39, 0.29) is 19.8 Å². The molecule has 0 fully saturated rings. The SMILES string of the molecule is N=C1c2ccoc2NCN1c1ccc(NS(=O)(=O)c2cc(S(=O)(=O)c3ccccc3)cs2)cc1. The van der Waals surface area contributed by atoms with Gasteiger partial charge in [-0.2, -0.15) is 0 Å². The van der Waals surface area contributed by atoms with Crippen LogP contribution < -0.4 is 14.9 Å². The highest BCUT2D eigenvalue weighted by Crippen LogP contribution is 2.31. The first-order chi connectivity index (χ1) is 16.3. The molecule has 9 nitrogen and oxygen atoms in total. The summed E-state index contributed by atoms with van der Waals surface area (Å²) in [7, 11) is -7.80. The van der Waals surface area contributed by atoms with Gasteiger partial charge in [-0.3, -0.25) is 10.1 Å². The van der Waals surface area contributed by atoms with Crippen LogP contribution in [0.5, 0.6) is 0 Å². The first kappa shape index (κ1) is 22.2. The van der Waals surface area contributed by atoms with Crippen molar-refractivity contribution >= 4 is 54.3 Å². The maximum absolute atomic E-state index is 12.9. The van der Waals surface area contributed by atoms with Crippen LogP contribution >= 0.6 is 11.3 Å². The third-order valence-electron chi connectivity index (χ3n) is 5.20. The molecule has 3 N–H and O–H groups in total. The summed E-state index contributed by atoms with van der Waals surface area (Å²) in [4.78, 5) is 1.74. The fourth-order valence-electron chi connectivity index (χ4n) is 3.46. The molecular weight excluding hydrogens is 496 g/mol. The lowest BCUT2D eigenvalue weighted by molar-refractivity contribution is 0.577. The standard InChI is InChI=1S/C22H18N4O5S3/c23-21-19-10-11-31-22(19)24-14-26(21)16-8-6-15(7-9-16)25-34(29,30)20-12-18(13-32-20)33(27,28)17-4-2-1-3-5-17/h1-13,23-25H,14H2.